The van der Waals surface area contributed by atoms with Crippen LogP contribution in [0.2, 0.25) is 0 Å². The lowest BCUT2D eigenvalue weighted by Crippen LogP contribution is -2.41. The van der Waals surface area contributed by atoms with Gasteiger partial charge in [-0.2, -0.15) is 0 Å². The van der Waals surface area contributed by atoms with Crippen LogP contribution in [0.15, 0.2) is 29.6 Å². The Hall–Kier alpha value is -2.00. The molecule has 0 saturated heterocycles. The average Bonchev–Trinajstić information content (AvgIpc) is 2.90. The molecule has 0 spiro atoms. The number of rotatable bonds is 6. The summed E-state index contributed by atoms with van der Waals surface area (Å²) in [6.45, 7) is 3.19. The van der Waals surface area contributed by atoms with Gasteiger partial charge >= 0.3 is 0 Å². The maximum atomic E-state index is 13.4. The Morgan fingerprint density at radius 2 is 2.17 bits per heavy atom. The summed E-state index contributed by atoms with van der Waals surface area (Å²) in [6.07, 6.45) is 0.971. The van der Waals surface area contributed by atoms with Crippen molar-refractivity contribution >= 4 is 33.0 Å². The van der Waals surface area contributed by atoms with E-state index in [0.29, 0.717) is 5.69 Å². The van der Waals surface area contributed by atoms with Crippen molar-refractivity contribution in [1.29, 1.82) is 0 Å². The molecule has 1 aromatic heterocycles. The van der Waals surface area contributed by atoms with E-state index in [9.17, 15) is 17.6 Å². The van der Waals surface area contributed by atoms with Gasteiger partial charge in [-0.05, 0) is 32.0 Å². The largest absolute Gasteiger partial charge is 0.346 e. The number of halogens is 1. The highest BCUT2D eigenvalue weighted by molar-refractivity contribution is 7.92. The number of anilines is 1. The fourth-order valence-corrected chi connectivity index (χ4v) is 3.66. The maximum Gasteiger partial charge on any atom is 0.241 e. The quantitative estimate of drug-likeness (QED) is 0.845. The van der Waals surface area contributed by atoms with Crippen LogP contribution in [-0.2, 0) is 14.8 Å². The van der Waals surface area contributed by atoms with Crippen molar-refractivity contribution in [2.75, 3.05) is 17.1 Å². The van der Waals surface area contributed by atoms with Gasteiger partial charge in [0.25, 0.3) is 0 Å². The molecule has 2 rings (SSSR count). The number of thiazole rings is 1. The lowest BCUT2D eigenvalue weighted by Gasteiger charge is -2.22. The van der Waals surface area contributed by atoms with E-state index in [-0.39, 0.29) is 11.7 Å². The summed E-state index contributed by atoms with van der Waals surface area (Å²) in [5.41, 5.74) is 0.812. The van der Waals surface area contributed by atoms with Gasteiger partial charge in [-0.3, -0.25) is 9.10 Å². The van der Waals surface area contributed by atoms with E-state index in [2.05, 4.69) is 10.3 Å². The Morgan fingerprint density at radius 1 is 1.46 bits per heavy atom. The van der Waals surface area contributed by atoms with Gasteiger partial charge in [0.15, 0.2) is 0 Å². The number of aryl methyl sites for hydroxylation is 1. The smallest absolute Gasteiger partial charge is 0.241 e. The van der Waals surface area contributed by atoms with Gasteiger partial charge in [-0.15, -0.1) is 11.3 Å². The Bertz CT molecular complexity index is 836. The average molecular weight is 371 g/mol. The number of carbonyl (C=O) groups excluding carboxylic acids is 1. The fraction of sp³-hybridized carbons (Fsp3) is 0.333. The van der Waals surface area contributed by atoms with Gasteiger partial charge in [-0.1, -0.05) is 6.07 Å². The van der Waals surface area contributed by atoms with Crippen LogP contribution in [0.1, 0.15) is 23.7 Å². The highest BCUT2D eigenvalue weighted by atomic mass is 32.2. The van der Waals surface area contributed by atoms with Crippen LogP contribution in [0.5, 0.6) is 0 Å². The molecule has 0 fully saturated rings. The normalized spacial score (nSPS) is 12.7. The van der Waals surface area contributed by atoms with Crippen molar-refractivity contribution in [3.63, 3.8) is 0 Å². The fourth-order valence-electron chi connectivity index (χ4n) is 2.10. The molecule has 130 valence electrons. The molecule has 2 aromatic rings. The van der Waals surface area contributed by atoms with E-state index in [4.69, 9.17) is 0 Å². The molecule has 0 aliphatic heterocycles. The second kappa shape index (κ2) is 7.27. The molecular weight excluding hydrogens is 353 g/mol. The second-order valence-electron chi connectivity index (χ2n) is 5.33. The summed E-state index contributed by atoms with van der Waals surface area (Å²) >= 11 is 1.47. The summed E-state index contributed by atoms with van der Waals surface area (Å²) in [4.78, 5) is 16.5. The van der Waals surface area contributed by atoms with Crippen LogP contribution in [0.25, 0.3) is 0 Å². The number of hydrogen-bond acceptors (Lipinski definition) is 5. The lowest BCUT2D eigenvalue weighted by atomic mass is 10.2. The summed E-state index contributed by atoms with van der Waals surface area (Å²) < 4.78 is 38.1. The zero-order valence-electron chi connectivity index (χ0n) is 13.5. The molecule has 9 heteroatoms. The van der Waals surface area contributed by atoms with E-state index < -0.39 is 28.3 Å². The number of nitrogens with zero attached hydrogens (tertiary/aromatic N) is 2. The van der Waals surface area contributed by atoms with Crippen LogP contribution >= 0.6 is 11.3 Å². The van der Waals surface area contributed by atoms with Crippen LogP contribution in [0.3, 0.4) is 0 Å². The van der Waals surface area contributed by atoms with Crippen molar-refractivity contribution in [3.05, 3.63) is 46.2 Å². The summed E-state index contributed by atoms with van der Waals surface area (Å²) in [6, 6.07) is 4.75. The predicted octanol–water partition coefficient (Wildman–Crippen LogP) is 2.23. The summed E-state index contributed by atoms with van der Waals surface area (Å²) in [5, 5.41) is 5.41. The molecule has 0 aliphatic rings. The molecule has 1 amide bonds. The number of benzene rings is 1. The molecule has 1 aromatic carbocycles. The number of amides is 1. The second-order valence-corrected chi connectivity index (χ2v) is 8.30. The number of hydrogen-bond donors (Lipinski definition) is 1. The van der Waals surface area contributed by atoms with Crippen LogP contribution < -0.4 is 9.62 Å². The number of sulfonamides is 1. The Balaban J connectivity index is 2.13. The third kappa shape index (κ3) is 4.75. The van der Waals surface area contributed by atoms with Crippen molar-refractivity contribution in [1.82, 2.24) is 10.3 Å². The highest BCUT2D eigenvalue weighted by Crippen LogP contribution is 2.19. The lowest BCUT2D eigenvalue weighted by molar-refractivity contribution is -0.120. The Morgan fingerprint density at radius 3 is 2.71 bits per heavy atom. The molecule has 0 radical (unpaired) electrons. The van der Waals surface area contributed by atoms with E-state index in [1.165, 1.54) is 29.5 Å². The molecule has 24 heavy (non-hydrogen) atoms. The van der Waals surface area contributed by atoms with E-state index in [1.807, 2.05) is 12.3 Å². The summed E-state index contributed by atoms with van der Waals surface area (Å²) in [5.74, 6) is -1.07. The molecule has 1 heterocycles. The zero-order chi connectivity index (χ0) is 17.9. The van der Waals surface area contributed by atoms with Crippen LogP contribution in [0, 0.1) is 12.7 Å². The first kappa shape index (κ1) is 18.3. The van der Waals surface area contributed by atoms with Crippen molar-refractivity contribution < 1.29 is 17.6 Å². The molecular formula is C15H18FN3O3S2. The highest BCUT2D eigenvalue weighted by Gasteiger charge is 2.22. The van der Waals surface area contributed by atoms with Crippen LogP contribution in [0.4, 0.5) is 10.1 Å². The third-order valence-electron chi connectivity index (χ3n) is 3.24. The summed E-state index contributed by atoms with van der Waals surface area (Å²) in [7, 11) is -3.73. The van der Waals surface area contributed by atoms with Gasteiger partial charge in [-0.25, -0.2) is 17.8 Å². The number of aromatic nitrogens is 1. The van der Waals surface area contributed by atoms with Crippen molar-refractivity contribution in [2.45, 2.75) is 19.9 Å². The molecule has 0 aliphatic carbocycles. The van der Waals surface area contributed by atoms with Gasteiger partial charge in [0.1, 0.15) is 12.4 Å². The molecule has 0 bridgehead atoms. The number of carbonyl (C=O) groups is 1. The monoisotopic (exact) mass is 371 g/mol. The maximum absolute atomic E-state index is 13.4. The number of nitrogens with one attached hydrogen (secondary N) is 1. The Kier molecular flexibility index (Phi) is 5.55. The van der Waals surface area contributed by atoms with E-state index >= 15 is 0 Å². The SMILES string of the molecule is Cc1nc([C@H](C)NC(=O)CN(c2cccc(F)c2)S(C)(=O)=O)cs1. The van der Waals surface area contributed by atoms with E-state index in [1.54, 1.807) is 6.92 Å². The first-order valence-electron chi connectivity index (χ1n) is 7.11. The van der Waals surface area contributed by atoms with Crippen molar-refractivity contribution in [2.24, 2.45) is 0 Å². The van der Waals surface area contributed by atoms with Gasteiger partial charge < -0.3 is 5.32 Å². The molecule has 6 nitrogen and oxygen atoms in total. The third-order valence-corrected chi connectivity index (χ3v) is 5.17. The zero-order valence-corrected chi connectivity index (χ0v) is 15.1. The standard InChI is InChI=1S/C15H18FN3O3S2/c1-10(14-9-23-11(2)18-14)17-15(20)8-19(24(3,21)22)13-6-4-5-12(16)7-13/h4-7,9-10H,8H2,1-3H3,(H,17,20)/t10-/m0/s1. The van der Waals surface area contributed by atoms with E-state index in [0.717, 1.165) is 21.6 Å². The topological polar surface area (TPSA) is 79.4 Å². The molecule has 1 N–H and O–H groups in total. The van der Waals surface area contributed by atoms with Gasteiger partial charge in [0.2, 0.25) is 15.9 Å². The van der Waals surface area contributed by atoms with Crippen molar-refractivity contribution in [3.8, 4) is 0 Å². The molecule has 0 saturated carbocycles. The minimum Gasteiger partial charge on any atom is -0.346 e. The first-order valence-corrected chi connectivity index (χ1v) is 9.84. The van der Waals surface area contributed by atoms with Gasteiger partial charge in [0.05, 0.1) is 28.7 Å². The minimum atomic E-state index is -3.73. The van der Waals surface area contributed by atoms with Gasteiger partial charge in [0, 0.05) is 5.38 Å². The predicted molar refractivity (Wildman–Crippen MR) is 92.0 cm³/mol. The first-order chi connectivity index (χ1) is 11.2. The Labute approximate surface area is 144 Å². The van der Waals surface area contributed by atoms with Crippen LogP contribution in [-0.4, -0.2) is 32.1 Å². The molecule has 0 unspecified atom stereocenters. The minimum absolute atomic E-state index is 0.102. The molecule has 1 atom stereocenters.